The van der Waals surface area contributed by atoms with E-state index in [2.05, 4.69) is 21.2 Å². The van der Waals surface area contributed by atoms with Gasteiger partial charge in [-0.05, 0) is 36.4 Å². The van der Waals surface area contributed by atoms with Crippen LogP contribution in [0.2, 0.25) is 0 Å². The summed E-state index contributed by atoms with van der Waals surface area (Å²) in [5.74, 6) is -2.82. The van der Waals surface area contributed by atoms with Crippen molar-refractivity contribution >= 4 is 37.5 Å². The molecule has 0 heterocycles. The van der Waals surface area contributed by atoms with Crippen molar-refractivity contribution in [3.63, 3.8) is 0 Å². The lowest BCUT2D eigenvalue weighted by atomic mass is 10.3. The molecule has 0 aliphatic rings. The molecule has 24 heavy (non-hydrogen) atoms. The minimum absolute atomic E-state index is 0.0355. The van der Waals surface area contributed by atoms with Crippen molar-refractivity contribution in [2.24, 2.45) is 0 Å². The summed E-state index contributed by atoms with van der Waals surface area (Å²) in [6.07, 6.45) is 0. The number of nitrogens with one attached hydrogen (secondary N) is 1. The number of nitrogens with zero attached hydrogens (tertiary/aromatic N) is 1. The number of rotatable bonds is 5. The second kappa shape index (κ2) is 7.37. The Balaban J connectivity index is 2.07. The van der Waals surface area contributed by atoms with Crippen LogP contribution in [0.25, 0.3) is 0 Å². The lowest BCUT2D eigenvalue weighted by Gasteiger charge is -2.17. The predicted octanol–water partition coefficient (Wildman–Crippen LogP) is 2.99. The number of amides is 1. The first-order valence-electron chi connectivity index (χ1n) is 6.67. The van der Waals surface area contributed by atoms with E-state index in [9.17, 15) is 22.0 Å². The van der Waals surface area contributed by atoms with Gasteiger partial charge in [-0.1, -0.05) is 15.9 Å². The Morgan fingerprint density at radius 1 is 1.12 bits per heavy atom. The normalized spacial score (nSPS) is 11.5. The summed E-state index contributed by atoms with van der Waals surface area (Å²) in [7, 11) is -2.59. The first kappa shape index (κ1) is 18.5. The fraction of sp³-hybridized carbons (Fsp3) is 0.133. The van der Waals surface area contributed by atoms with Gasteiger partial charge in [0.05, 0.1) is 11.4 Å². The number of benzene rings is 2. The molecule has 2 aromatic carbocycles. The first-order chi connectivity index (χ1) is 11.2. The van der Waals surface area contributed by atoms with E-state index >= 15 is 0 Å². The molecular weight excluding hydrogens is 406 g/mol. The van der Waals surface area contributed by atoms with Gasteiger partial charge in [0.15, 0.2) is 11.6 Å². The van der Waals surface area contributed by atoms with E-state index in [1.807, 2.05) is 0 Å². The van der Waals surface area contributed by atoms with Crippen LogP contribution < -0.4 is 5.32 Å². The second-order valence-corrected chi connectivity index (χ2v) is 7.85. The molecule has 5 nitrogen and oxygen atoms in total. The largest absolute Gasteiger partial charge is 0.325 e. The van der Waals surface area contributed by atoms with E-state index in [0.717, 1.165) is 20.9 Å². The molecule has 0 unspecified atom stereocenters. The minimum atomic E-state index is -3.84. The molecule has 1 N–H and O–H groups in total. The van der Waals surface area contributed by atoms with E-state index in [1.165, 1.54) is 25.2 Å². The molecule has 0 aliphatic carbocycles. The second-order valence-electron chi connectivity index (χ2n) is 4.89. The van der Waals surface area contributed by atoms with Crippen molar-refractivity contribution in [1.29, 1.82) is 0 Å². The Labute approximate surface area is 146 Å². The highest BCUT2D eigenvalue weighted by Gasteiger charge is 2.23. The minimum Gasteiger partial charge on any atom is -0.325 e. The van der Waals surface area contributed by atoms with Crippen molar-refractivity contribution in [2.45, 2.75) is 4.90 Å². The van der Waals surface area contributed by atoms with Crippen LogP contribution in [0.1, 0.15) is 0 Å². The maximum atomic E-state index is 13.1. The molecule has 0 spiro atoms. The van der Waals surface area contributed by atoms with Crippen LogP contribution in [0, 0.1) is 11.6 Å². The molecule has 0 atom stereocenters. The molecule has 0 aliphatic heterocycles. The lowest BCUT2D eigenvalue weighted by Crippen LogP contribution is -2.35. The van der Waals surface area contributed by atoms with Gasteiger partial charge in [0.2, 0.25) is 15.9 Å². The molecule has 0 fully saturated rings. The summed E-state index contributed by atoms with van der Waals surface area (Å²) >= 11 is 3.21. The standard InChI is InChI=1S/C15H13BrF2N2O3S/c1-20(24(22,23)12-5-2-10(16)3-6-12)9-15(21)19-11-4-7-13(17)14(18)8-11/h2-8H,9H2,1H3,(H,19,21). The van der Waals surface area contributed by atoms with Crippen molar-refractivity contribution in [3.8, 4) is 0 Å². The smallest absolute Gasteiger partial charge is 0.243 e. The molecule has 2 aromatic rings. The average molecular weight is 419 g/mol. The number of hydrogen-bond acceptors (Lipinski definition) is 3. The molecule has 2 rings (SSSR count). The topological polar surface area (TPSA) is 66.5 Å². The van der Waals surface area contributed by atoms with Crippen molar-refractivity contribution in [3.05, 3.63) is 58.6 Å². The van der Waals surface area contributed by atoms with E-state index in [0.29, 0.717) is 0 Å². The van der Waals surface area contributed by atoms with Gasteiger partial charge in [0, 0.05) is 23.3 Å². The van der Waals surface area contributed by atoms with Crippen LogP contribution >= 0.6 is 15.9 Å². The van der Waals surface area contributed by atoms with Gasteiger partial charge >= 0.3 is 0 Å². The quantitative estimate of drug-likeness (QED) is 0.811. The van der Waals surface area contributed by atoms with Crippen LogP contribution in [0.4, 0.5) is 14.5 Å². The highest BCUT2D eigenvalue weighted by molar-refractivity contribution is 9.10. The van der Waals surface area contributed by atoms with Crippen molar-refractivity contribution in [1.82, 2.24) is 4.31 Å². The number of sulfonamides is 1. The fourth-order valence-corrected chi connectivity index (χ4v) is 3.24. The number of likely N-dealkylation sites (N-methyl/N-ethyl adjacent to an activating group) is 1. The maximum absolute atomic E-state index is 13.1. The van der Waals surface area contributed by atoms with E-state index in [-0.39, 0.29) is 10.6 Å². The van der Waals surface area contributed by atoms with Gasteiger partial charge in [-0.25, -0.2) is 17.2 Å². The van der Waals surface area contributed by atoms with E-state index in [4.69, 9.17) is 0 Å². The van der Waals surface area contributed by atoms with Crippen molar-refractivity contribution < 1.29 is 22.0 Å². The molecular formula is C15H13BrF2N2O3S. The lowest BCUT2D eigenvalue weighted by molar-refractivity contribution is -0.116. The number of carbonyl (C=O) groups is 1. The van der Waals surface area contributed by atoms with Gasteiger partial charge in [-0.3, -0.25) is 4.79 Å². The summed E-state index contributed by atoms with van der Waals surface area (Å²) in [5, 5.41) is 2.31. The fourth-order valence-electron chi connectivity index (χ4n) is 1.85. The summed E-state index contributed by atoms with van der Waals surface area (Å²) in [6.45, 7) is -0.475. The van der Waals surface area contributed by atoms with Crippen LogP contribution in [-0.2, 0) is 14.8 Å². The molecule has 0 saturated heterocycles. The SMILES string of the molecule is CN(CC(=O)Nc1ccc(F)c(F)c1)S(=O)(=O)c1ccc(Br)cc1. The zero-order chi connectivity index (χ0) is 17.9. The highest BCUT2D eigenvalue weighted by atomic mass is 79.9. The zero-order valence-corrected chi connectivity index (χ0v) is 14.9. The third-order valence-electron chi connectivity index (χ3n) is 3.09. The Kier molecular flexibility index (Phi) is 5.68. The van der Waals surface area contributed by atoms with Gasteiger partial charge in [0.1, 0.15) is 0 Å². The van der Waals surface area contributed by atoms with Crippen LogP contribution in [0.3, 0.4) is 0 Å². The Morgan fingerprint density at radius 3 is 2.33 bits per heavy atom. The maximum Gasteiger partial charge on any atom is 0.243 e. The Morgan fingerprint density at radius 2 is 1.75 bits per heavy atom. The number of anilines is 1. The summed E-state index contributed by atoms with van der Waals surface area (Å²) in [4.78, 5) is 11.9. The Hall–Kier alpha value is -1.84. The number of carbonyl (C=O) groups excluding carboxylic acids is 1. The molecule has 128 valence electrons. The highest BCUT2D eigenvalue weighted by Crippen LogP contribution is 2.18. The van der Waals surface area contributed by atoms with E-state index in [1.54, 1.807) is 12.1 Å². The third kappa shape index (κ3) is 4.37. The number of halogens is 3. The molecule has 9 heteroatoms. The van der Waals surface area contributed by atoms with Gasteiger partial charge in [0.25, 0.3) is 0 Å². The average Bonchev–Trinajstić information content (AvgIpc) is 2.51. The van der Waals surface area contributed by atoms with Crippen molar-refractivity contribution in [2.75, 3.05) is 18.9 Å². The van der Waals surface area contributed by atoms with Gasteiger partial charge in [-0.2, -0.15) is 4.31 Å². The molecule has 0 aromatic heterocycles. The molecule has 0 radical (unpaired) electrons. The predicted molar refractivity (Wildman–Crippen MR) is 88.9 cm³/mol. The Bertz CT molecular complexity index is 858. The molecule has 0 saturated carbocycles. The number of hydrogen-bond donors (Lipinski definition) is 1. The summed E-state index contributed by atoms with van der Waals surface area (Å²) < 4.78 is 52.2. The third-order valence-corrected chi connectivity index (χ3v) is 5.44. The van der Waals surface area contributed by atoms with Crippen LogP contribution in [0.15, 0.2) is 51.8 Å². The van der Waals surface area contributed by atoms with Crippen LogP contribution in [-0.4, -0.2) is 32.2 Å². The molecule has 1 amide bonds. The zero-order valence-electron chi connectivity index (χ0n) is 12.5. The summed E-state index contributed by atoms with van der Waals surface area (Å²) in [5.41, 5.74) is 0.0355. The molecule has 0 bridgehead atoms. The summed E-state index contributed by atoms with van der Waals surface area (Å²) in [6, 6.07) is 8.82. The monoisotopic (exact) mass is 418 g/mol. The van der Waals surface area contributed by atoms with Gasteiger partial charge < -0.3 is 5.32 Å². The van der Waals surface area contributed by atoms with E-state index < -0.39 is 34.1 Å². The van der Waals surface area contributed by atoms with Crippen LogP contribution in [0.5, 0.6) is 0 Å². The first-order valence-corrected chi connectivity index (χ1v) is 8.90. The van der Waals surface area contributed by atoms with Gasteiger partial charge in [-0.15, -0.1) is 0 Å².